The van der Waals surface area contributed by atoms with Crippen LogP contribution in [0.4, 0.5) is 17.1 Å². The van der Waals surface area contributed by atoms with Gasteiger partial charge < -0.3 is 13.7 Å². The lowest BCUT2D eigenvalue weighted by atomic mass is 9.97. The zero-order valence-corrected chi connectivity index (χ0v) is 33.1. The number of rotatable bonds is 7. The fraction of sp³-hybridized carbons (Fsp3) is 0. The van der Waals surface area contributed by atoms with Gasteiger partial charge in [0.15, 0.2) is 0 Å². The van der Waals surface area contributed by atoms with Gasteiger partial charge in [0.05, 0.1) is 0 Å². The van der Waals surface area contributed by atoms with E-state index in [0.717, 1.165) is 88.8 Å². The molecule has 0 atom stereocenters. The number of para-hydroxylation sites is 2. The molecule has 0 bridgehead atoms. The summed E-state index contributed by atoms with van der Waals surface area (Å²) < 4.78 is 12.5. The van der Waals surface area contributed by atoms with E-state index in [4.69, 9.17) is 8.83 Å². The molecule has 0 aliphatic heterocycles. The topological polar surface area (TPSA) is 29.5 Å². The first-order valence-corrected chi connectivity index (χ1v) is 20.7. The number of furan rings is 2. The number of hydrogen-bond acceptors (Lipinski definition) is 3. The third kappa shape index (κ3) is 6.06. The maximum atomic E-state index is 6.25. The van der Waals surface area contributed by atoms with Crippen molar-refractivity contribution in [3.63, 3.8) is 0 Å². The van der Waals surface area contributed by atoms with Crippen LogP contribution >= 0.6 is 0 Å². The van der Waals surface area contributed by atoms with Crippen LogP contribution in [-0.4, -0.2) is 0 Å². The number of hydrogen-bond donors (Lipinski definition) is 0. The maximum Gasteiger partial charge on any atom is 0.136 e. The third-order valence-corrected chi connectivity index (χ3v) is 12.1. The molecule has 0 saturated carbocycles. The van der Waals surface area contributed by atoms with E-state index in [-0.39, 0.29) is 0 Å². The van der Waals surface area contributed by atoms with Crippen molar-refractivity contribution < 1.29 is 8.83 Å². The van der Waals surface area contributed by atoms with Gasteiger partial charge in [-0.1, -0.05) is 152 Å². The van der Waals surface area contributed by atoms with Crippen molar-refractivity contribution in [2.24, 2.45) is 0 Å². The van der Waals surface area contributed by atoms with Gasteiger partial charge in [0, 0.05) is 38.6 Å². The van der Waals surface area contributed by atoms with Crippen LogP contribution in [0.15, 0.2) is 233 Å². The maximum absolute atomic E-state index is 6.25. The molecule has 0 radical (unpaired) electrons. The smallest absolute Gasteiger partial charge is 0.136 e. The van der Waals surface area contributed by atoms with Gasteiger partial charge in [0.2, 0.25) is 0 Å². The Hall–Kier alpha value is -8.14. The minimum Gasteiger partial charge on any atom is -0.456 e. The average Bonchev–Trinajstić information content (AvgIpc) is 3.91. The highest BCUT2D eigenvalue weighted by molar-refractivity contribution is 6.13. The molecule has 0 spiro atoms. The van der Waals surface area contributed by atoms with Gasteiger partial charge in [-0.3, -0.25) is 0 Å². The van der Waals surface area contributed by atoms with Gasteiger partial charge in [0.25, 0.3) is 0 Å². The van der Waals surface area contributed by atoms with Crippen molar-refractivity contribution in [2.75, 3.05) is 4.90 Å². The second-order valence-electron chi connectivity index (χ2n) is 15.7. The van der Waals surface area contributed by atoms with Crippen molar-refractivity contribution in [1.29, 1.82) is 0 Å². The summed E-state index contributed by atoms with van der Waals surface area (Å²) in [4.78, 5) is 2.34. The lowest BCUT2D eigenvalue weighted by Gasteiger charge is -2.26. The Balaban J connectivity index is 0.933. The molecule has 0 unspecified atom stereocenters. The predicted octanol–water partition coefficient (Wildman–Crippen LogP) is 16.8. The molecule has 0 saturated heterocycles. The Labute approximate surface area is 353 Å². The highest BCUT2D eigenvalue weighted by Gasteiger charge is 2.18. The van der Waals surface area contributed by atoms with Crippen LogP contribution in [-0.2, 0) is 0 Å². The quantitative estimate of drug-likeness (QED) is 0.161. The van der Waals surface area contributed by atoms with E-state index in [1.54, 1.807) is 0 Å². The molecular weight excluding hydrogens is 743 g/mol. The van der Waals surface area contributed by atoms with Crippen LogP contribution in [0, 0.1) is 0 Å². The average molecular weight is 780 g/mol. The van der Waals surface area contributed by atoms with Gasteiger partial charge in [-0.2, -0.15) is 0 Å². The van der Waals surface area contributed by atoms with Crippen molar-refractivity contribution in [2.45, 2.75) is 0 Å². The normalized spacial score (nSPS) is 11.6. The highest BCUT2D eigenvalue weighted by atomic mass is 16.3. The summed E-state index contributed by atoms with van der Waals surface area (Å²) in [6.45, 7) is 0. The Morgan fingerprint density at radius 3 is 1.23 bits per heavy atom. The summed E-state index contributed by atoms with van der Waals surface area (Å²) in [5.41, 5.74) is 16.1. The number of fused-ring (bicyclic) bond motifs is 7. The van der Waals surface area contributed by atoms with Crippen LogP contribution in [0.3, 0.4) is 0 Å². The van der Waals surface area contributed by atoms with Crippen molar-refractivity contribution in [3.05, 3.63) is 224 Å². The van der Waals surface area contributed by atoms with Crippen LogP contribution in [0.25, 0.3) is 99.2 Å². The Kier molecular flexibility index (Phi) is 8.17. The summed E-state index contributed by atoms with van der Waals surface area (Å²) in [6.07, 6.45) is 0. The number of nitrogens with zero attached hydrogens (tertiary/aromatic N) is 1. The molecule has 3 nitrogen and oxygen atoms in total. The van der Waals surface area contributed by atoms with E-state index >= 15 is 0 Å². The van der Waals surface area contributed by atoms with Gasteiger partial charge in [-0.25, -0.2) is 0 Å². The lowest BCUT2D eigenvalue weighted by molar-refractivity contribution is 0.668. The van der Waals surface area contributed by atoms with E-state index < -0.39 is 0 Å². The SMILES string of the molecule is c1cc(-c2ccc(N(c3ccc(-c4cccc5oc6ccccc6c45)cc3)c3ccc(-c4cccc5oc6ccccc6c45)cc3)cc2)cc(-c2ccc3ccccc3c2)c1. The molecule has 2 aromatic heterocycles. The van der Waals surface area contributed by atoms with Crippen LogP contribution in [0.1, 0.15) is 0 Å². The fourth-order valence-electron chi connectivity index (χ4n) is 9.11. The minimum atomic E-state index is 0.895. The van der Waals surface area contributed by atoms with E-state index in [1.807, 2.05) is 24.3 Å². The molecular formula is C58H37NO2. The van der Waals surface area contributed by atoms with Crippen LogP contribution < -0.4 is 4.90 Å². The molecule has 0 aliphatic rings. The molecule has 0 N–H and O–H groups in total. The molecule has 286 valence electrons. The van der Waals surface area contributed by atoms with E-state index in [1.165, 1.54) is 27.5 Å². The Morgan fingerprint density at radius 2 is 0.672 bits per heavy atom. The molecule has 10 aromatic carbocycles. The molecule has 12 rings (SSSR count). The van der Waals surface area contributed by atoms with E-state index in [0.29, 0.717) is 0 Å². The first kappa shape index (κ1) is 34.9. The summed E-state index contributed by atoms with van der Waals surface area (Å²) in [7, 11) is 0. The predicted molar refractivity (Wildman–Crippen MR) is 255 cm³/mol. The van der Waals surface area contributed by atoms with Gasteiger partial charge >= 0.3 is 0 Å². The fourth-order valence-corrected chi connectivity index (χ4v) is 9.11. The summed E-state index contributed by atoms with van der Waals surface area (Å²) in [6, 6.07) is 80.0. The van der Waals surface area contributed by atoms with Gasteiger partial charge in [0.1, 0.15) is 22.3 Å². The molecule has 2 heterocycles. The van der Waals surface area contributed by atoms with E-state index in [2.05, 4.69) is 205 Å². The molecule has 3 heteroatoms. The van der Waals surface area contributed by atoms with Gasteiger partial charge in [-0.15, -0.1) is 0 Å². The minimum absolute atomic E-state index is 0.895. The molecule has 0 aliphatic carbocycles. The lowest BCUT2D eigenvalue weighted by Crippen LogP contribution is -2.09. The number of benzene rings is 10. The molecule has 61 heavy (non-hydrogen) atoms. The first-order valence-electron chi connectivity index (χ1n) is 20.7. The Bertz CT molecular complexity index is 3420. The molecule has 12 aromatic rings. The van der Waals surface area contributed by atoms with E-state index in [9.17, 15) is 0 Å². The second kappa shape index (κ2) is 14.3. The van der Waals surface area contributed by atoms with Crippen molar-refractivity contribution in [3.8, 4) is 44.5 Å². The third-order valence-electron chi connectivity index (χ3n) is 12.1. The highest BCUT2D eigenvalue weighted by Crippen LogP contribution is 2.42. The monoisotopic (exact) mass is 779 g/mol. The zero-order valence-electron chi connectivity index (χ0n) is 33.1. The van der Waals surface area contributed by atoms with Crippen LogP contribution in [0.5, 0.6) is 0 Å². The Morgan fingerprint density at radius 1 is 0.262 bits per heavy atom. The summed E-state index contributed by atoms with van der Waals surface area (Å²) in [5, 5.41) is 7.02. The standard InChI is InChI=1S/C58H37NO2/c1-2-11-42-37-45(23-22-38(42)10-1)44-13-7-12-43(36-44)39-24-30-46(31-25-39)59(47-32-26-40(27-33-47)49-16-8-20-55-57(49)51-14-3-5-18-53(51)60-55)48-34-28-41(29-35-48)50-17-9-21-56-58(50)52-15-4-6-19-54(52)61-56/h1-37H. The van der Waals surface area contributed by atoms with Crippen molar-refractivity contribution in [1.82, 2.24) is 0 Å². The van der Waals surface area contributed by atoms with Crippen molar-refractivity contribution >= 4 is 71.7 Å². The second-order valence-corrected chi connectivity index (χ2v) is 15.7. The molecule has 0 amide bonds. The summed E-state index contributed by atoms with van der Waals surface area (Å²) >= 11 is 0. The van der Waals surface area contributed by atoms with Crippen LogP contribution in [0.2, 0.25) is 0 Å². The molecule has 0 fully saturated rings. The largest absolute Gasteiger partial charge is 0.456 e. The first-order chi connectivity index (χ1) is 30.2. The summed E-state index contributed by atoms with van der Waals surface area (Å²) in [5.74, 6) is 0. The zero-order chi connectivity index (χ0) is 40.3. The number of anilines is 3. The van der Waals surface area contributed by atoms with Gasteiger partial charge in [-0.05, 0) is 128 Å².